The Bertz CT molecular complexity index is 1230. The number of benzene rings is 1. The molecule has 0 atom stereocenters. The van der Waals surface area contributed by atoms with E-state index in [1.165, 1.54) is 24.7 Å². The SMILES string of the molecule is CCc1noc(-c2ccnc(-n3cnc(C(=O)NCc4ccc(C(F)(F)F)cc4)c3)c2)n1. The van der Waals surface area contributed by atoms with Crippen LogP contribution in [0.1, 0.15) is 34.4 Å². The number of nitrogens with one attached hydrogen (secondary N) is 1. The van der Waals surface area contributed by atoms with Crippen molar-refractivity contribution in [1.82, 2.24) is 30.0 Å². The van der Waals surface area contributed by atoms with Crippen LogP contribution in [-0.4, -0.2) is 30.6 Å². The Labute approximate surface area is 180 Å². The fraction of sp³-hybridized carbons (Fsp3) is 0.190. The summed E-state index contributed by atoms with van der Waals surface area (Å²) in [6, 6.07) is 8.03. The van der Waals surface area contributed by atoms with Gasteiger partial charge in [0.2, 0.25) is 0 Å². The molecule has 0 aliphatic carbocycles. The molecule has 0 unspecified atom stereocenters. The molecule has 11 heteroatoms. The summed E-state index contributed by atoms with van der Waals surface area (Å²) in [5.41, 5.74) is 0.595. The molecule has 0 bridgehead atoms. The van der Waals surface area contributed by atoms with Crippen molar-refractivity contribution in [3.8, 4) is 17.3 Å². The maximum absolute atomic E-state index is 12.6. The third kappa shape index (κ3) is 4.66. The van der Waals surface area contributed by atoms with Crippen LogP contribution in [0, 0.1) is 0 Å². The summed E-state index contributed by atoms with van der Waals surface area (Å²) in [6.07, 6.45) is 0.754. The topological polar surface area (TPSA) is 98.7 Å². The number of rotatable bonds is 6. The fourth-order valence-corrected chi connectivity index (χ4v) is 2.86. The molecule has 0 spiro atoms. The number of hydrogen-bond donors (Lipinski definition) is 1. The second-order valence-corrected chi connectivity index (χ2v) is 6.82. The van der Waals surface area contributed by atoms with E-state index >= 15 is 0 Å². The molecule has 8 nitrogen and oxygen atoms in total. The van der Waals surface area contributed by atoms with E-state index in [1.807, 2.05) is 6.92 Å². The zero-order valence-corrected chi connectivity index (χ0v) is 16.8. The highest BCUT2D eigenvalue weighted by molar-refractivity contribution is 5.92. The van der Waals surface area contributed by atoms with Crippen molar-refractivity contribution < 1.29 is 22.5 Å². The Kier molecular flexibility index (Phi) is 5.71. The molecule has 32 heavy (non-hydrogen) atoms. The van der Waals surface area contributed by atoms with Crippen LogP contribution in [0.25, 0.3) is 17.3 Å². The van der Waals surface area contributed by atoms with E-state index < -0.39 is 17.6 Å². The first-order valence-corrected chi connectivity index (χ1v) is 9.61. The highest BCUT2D eigenvalue weighted by Crippen LogP contribution is 2.29. The molecule has 164 valence electrons. The lowest BCUT2D eigenvalue weighted by Gasteiger charge is -2.08. The number of halogens is 3. The summed E-state index contributed by atoms with van der Waals surface area (Å²) in [4.78, 5) is 25.0. The summed E-state index contributed by atoms with van der Waals surface area (Å²) in [7, 11) is 0. The lowest BCUT2D eigenvalue weighted by Crippen LogP contribution is -2.23. The lowest BCUT2D eigenvalue weighted by atomic mass is 10.1. The number of carbonyl (C=O) groups is 1. The molecule has 0 saturated carbocycles. The van der Waals surface area contributed by atoms with Gasteiger partial charge in [-0.15, -0.1) is 0 Å². The maximum Gasteiger partial charge on any atom is 0.416 e. The minimum Gasteiger partial charge on any atom is -0.347 e. The van der Waals surface area contributed by atoms with Crippen LogP contribution < -0.4 is 5.32 Å². The second-order valence-electron chi connectivity index (χ2n) is 6.82. The molecule has 0 aliphatic rings. The van der Waals surface area contributed by atoms with Crippen LogP contribution in [0.2, 0.25) is 0 Å². The van der Waals surface area contributed by atoms with Gasteiger partial charge in [-0.2, -0.15) is 18.2 Å². The van der Waals surface area contributed by atoms with Gasteiger partial charge in [0.1, 0.15) is 17.8 Å². The van der Waals surface area contributed by atoms with Crippen LogP contribution in [0.15, 0.2) is 59.6 Å². The molecule has 3 aromatic heterocycles. The summed E-state index contributed by atoms with van der Waals surface area (Å²) >= 11 is 0. The Balaban J connectivity index is 1.43. The van der Waals surface area contributed by atoms with Crippen LogP contribution in [0.5, 0.6) is 0 Å². The molecule has 0 fully saturated rings. The fourth-order valence-electron chi connectivity index (χ4n) is 2.86. The van der Waals surface area contributed by atoms with Gasteiger partial charge in [0.15, 0.2) is 5.82 Å². The Hall–Kier alpha value is -4.02. The van der Waals surface area contributed by atoms with Gasteiger partial charge < -0.3 is 9.84 Å². The Morgan fingerprint density at radius 1 is 1.16 bits per heavy atom. The molecule has 0 aliphatic heterocycles. The van der Waals surface area contributed by atoms with E-state index in [1.54, 1.807) is 22.9 Å². The molecule has 1 aromatic carbocycles. The third-order valence-electron chi connectivity index (χ3n) is 4.59. The van der Waals surface area contributed by atoms with Crippen molar-refractivity contribution in [2.75, 3.05) is 0 Å². The van der Waals surface area contributed by atoms with Gasteiger partial charge in [0.05, 0.1) is 5.56 Å². The largest absolute Gasteiger partial charge is 0.416 e. The van der Waals surface area contributed by atoms with Gasteiger partial charge in [-0.05, 0) is 29.8 Å². The van der Waals surface area contributed by atoms with E-state index in [0.29, 0.717) is 35.1 Å². The molecule has 1 N–H and O–H groups in total. The predicted octanol–water partition coefficient (Wildman–Crippen LogP) is 3.83. The quantitative estimate of drug-likeness (QED) is 0.487. The number of amides is 1. The van der Waals surface area contributed by atoms with Crippen LogP contribution in [0.3, 0.4) is 0 Å². The molecule has 4 aromatic rings. The first-order valence-electron chi connectivity index (χ1n) is 9.61. The van der Waals surface area contributed by atoms with Crippen molar-refractivity contribution in [3.05, 3.63) is 77.8 Å². The van der Waals surface area contributed by atoms with Crippen molar-refractivity contribution in [3.63, 3.8) is 0 Å². The second kappa shape index (κ2) is 8.61. The van der Waals surface area contributed by atoms with E-state index in [2.05, 4.69) is 25.4 Å². The number of imidazole rings is 1. The average molecular weight is 442 g/mol. The molecular weight excluding hydrogens is 425 g/mol. The van der Waals surface area contributed by atoms with Gasteiger partial charge in [0.25, 0.3) is 11.8 Å². The van der Waals surface area contributed by atoms with Crippen molar-refractivity contribution in [2.24, 2.45) is 0 Å². The number of pyridine rings is 1. The molecule has 3 heterocycles. The number of carbonyl (C=O) groups excluding carboxylic acids is 1. The third-order valence-corrected chi connectivity index (χ3v) is 4.59. The van der Waals surface area contributed by atoms with E-state index in [0.717, 1.165) is 12.1 Å². The standard InChI is InChI=1S/C21H17F3N6O2/c1-2-17-28-20(32-29-17)14-7-8-25-18(9-14)30-11-16(27-12-30)19(31)26-10-13-3-5-15(6-4-13)21(22,23)24/h3-9,11-12H,2,10H2,1H3,(H,26,31). The van der Waals surface area contributed by atoms with Crippen molar-refractivity contribution in [2.45, 2.75) is 26.1 Å². The molecule has 0 radical (unpaired) electrons. The first-order chi connectivity index (χ1) is 15.3. The van der Waals surface area contributed by atoms with Gasteiger partial charge in [-0.3, -0.25) is 9.36 Å². The highest BCUT2D eigenvalue weighted by Gasteiger charge is 2.29. The smallest absolute Gasteiger partial charge is 0.347 e. The maximum atomic E-state index is 12.6. The predicted molar refractivity (Wildman–Crippen MR) is 107 cm³/mol. The van der Waals surface area contributed by atoms with Crippen LogP contribution in [0.4, 0.5) is 13.2 Å². The van der Waals surface area contributed by atoms with Crippen LogP contribution >= 0.6 is 0 Å². The molecule has 0 saturated heterocycles. The van der Waals surface area contributed by atoms with Gasteiger partial charge in [0, 0.05) is 30.9 Å². The number of hydrogen-bond acceptors (Lipinski definition) is 6. The Morgan fingerprint density at radius 2 is 1.94 bits per heavy atom. The zero-order chi connectivity index (χ0) is 22.7. The number of nitrogens with zero attached hydrogens (tertiary/aromatic N) is 5. The number of alkyl halides is 3. The van der Waals surface area contributed by atoms with Crippen molar-refractivity contribution >= 4 is 5.91 Å². The zero-order valence-electron chi connectivity index (χ0n) is 16.8. The van der Waals surface area contributed by atoms with Gasteiger partial charge in [-0.1, -0.05) is 24.2 Å². The summed E-state index contributed by atoms with van der Waals surface area (Å²) in [6.45, 7) is 1.98. The van der Waals surface area contributed by atoms with Crippen molar-refractivity contribution in [1.29, 1.82) is 0 Å². The van der Waals surface area contributed by atoms with Gasteiger partial charge >= 0.3 is 6.18 Å². The van der Waals surface area contributed by atoms with E-state index in [9.17, 15) is 18.0 Å². The molecular formula is C21H17F3N6O2. The average Bonchev–Trinajstić information content (AvgIpc) is 3.47. The molecule has 1 amide bonds. The Morgan fingerprint density at radius 3 is 2.62 bits per heavy atom. The minimum atomic E-state index is -4.40. The highest BCUT2D eigenvalue weighted by atomic mass is 19.4. The van der Waals surface area contributed by atoms with E-state index in [4.69, 9.17) is 4.52 Å². The monoisotopic (exact) mass is 442 g/mol. The first kappa shape index (κ1) is 21.2. The summed E-state index contributed by atoms with van der Waals surface area (Å²) in [5, 5.41) is 6.50. The normalized spacial score (nSPS) is 11.5. The van der Waals surface area contributed by atoms with Crippen LogP contribution in [-0.2, 0) is 19.1 Å². The lowest BCUT2D eigenvalue weighted by molar-refractivity contribution is -0.137. The summed E-state index contributed by atoms with van der Waals surface area (Å²) in [5.74, 6) is 0.977. The number of aromatic nitrogens is 5. The van der Waals surface area contributed by atoms with Gasteiger partial charge in [-0.25, -0.2) is 9.97 Å². The van der Waals surface area contributed by atoms with E-state index in [-0.39, 0.29) is 12.2 Å². The summed E-state index contributed by atoms with van der Waals surface area (Å²) < 4.78 is 44.7. The molecule has 4 rings (SSSR count). The minimum absolute atomic E-state index is 0.0640. The number of aryl methyl sites for hydroxylation is 1.